The quantitative estimate of drug-likeness (QED) is 0.836. The molecule has 0 aliphatic heterocycles. The molecular weight excluding hydrogens is 253 g/mol. The van der Waals surface area contributed by atoms with Crippen LogP contribution in [-0.2, 0) is 6.18 Å². The van der Waals surface area contributed by atoms with E-state index in [1.807, 2.05) is 6.07 Å². The van der Waals surface area contributed by atoms with E-state index in [0.717, 1.165) is 24.4 Å². The SMILES string of the molecule is N#CCCN(c1nc(C(F)(F)F)ns1)C1CC1. The summed E-state index contributed by atoms with van der Waals surface area (Å²) in [7, 11) is 0. The molecule has 1 fully saturated rings. The molecule has 1 aromatic rings. The Morgan fingerprint density at radius 3 is 2.65 bits per heavy atom. The predicted octanol–water partition coefficient (Wildman–Crippen LogP) is 2.44. The molecule has 0 amide bonds. The molecule has 0 unspecified atom stereocenters. The highest BCUT2D eigenvalue weighted by atomic mass is 32.1. The first-order chi connectivity index (χ1) is 8.02. The van der Waals surface area contributed by atoms with Crippen molar-refractivity contribution in [1.82, 2.24) is 9.36 Å². The third kappa shape index (κ3) is 2.85. The van der Waals surface area contributed by atoms with E-state index in [0.29, 0.717) is 6.54 Å². The Morgan fingerprint density at radius 2 is 2.18 bits per heavy atom. The molecule has 1 aromatic heterocycles. The molecule has 0 aromatic carbocycles. The van der Waals surface area contributed by atoms with Crippen molar-refractivity contribution in [2.75, 3.05) is 11.4 Å². The van der Waals surface area contributed by atoms with Crippen molar-refractivity contribution >= 4 is 16.7 Å². The van der Waals surface area contributed by atoms with Gasteiger partial charge in [0.15, 0.2) is 0 Å². The highest BCUT2D eigenvalue weighted by molar-refractivity contribution is 7.09. The van der Waals surface area contributed by atoms with Gasteiger partial charge in [-0.15, -0.1) is 0 Å². The average molecular weight is 262 g/mol. The van der Waals surface area contributed by atoms with Crippen LogP contribution in [0.5, 0.6) is 0 Å². The molecule has 0 atom stereocenters. The van der Waals surface area contributed by atoms with Gasteiger partial charge in [0.2, 0.25) is 11.0 Å². The van der Waals surface area contributed by atoms with E-state index in [4.69, 9.17) is 5.26 Å². The Labute approximate surface area is 99.8 Å². The zero-order valence-corrected chi connectivity index (χ0v) is 9.55. The van der Waals surface area contributed by atoms with Crippen LogP contribution in [-0.4, -0.2) is 21.9 Å². The van der Waals surface area contributed by atoms with Crippen molar-refractivity contribution < 1.29 is 13.2 Å². The molecule has 0 spiro atoms. The molecule has 1 aliphatic carbocycles. The van der Waals surface area contributed by atoms with Gasteiger partial charge in [-0.3, -0.25) is 0 Å². The third-order valence-corrected chi connectivity index (χ3v) is 3.12. The Balaban J connectivity index is 2.13. The summed E-state index contributed by atoms with van der Waals surface area (Å²) in [5.41, 5.74) is 0. The fourth-order valence-corrected chi connectivity index (χ4v) is 2.22. The average Bonchev–Trinajstić information content (AvgIpc) is 2.94. The maximum atomic E-state index is 12.3. The summed E-state index contributed by atoms with van der Waals surface area (Å²) in [6.45, 7) is 0.410. The number of aromatic nitrogens is 2. The summed E-state index contributed by atoms with van der Waals surface area (Å²) in [5.74, 6) is -1.10. The highest BCUT2D eigenvalue weighted by Gasteiger charge is 2.38. The molecule has 8 heteroatoms. The lowest BCUT2D eigenvalue weighted by Gasteiger charge is -2.18. The minimum absolute atomic E-state index is 0.220. The van der Waals surface area contributed by atoms with Gasteiger partial charge in [0, 0.05) is 24.1 Å². The summed E-state index contributed by atoms with van der Waals surface area (Å²) < 4.78 is 40.3. The van der Waals surface area contributed by atoms with Gasteiger partial charge in [0.25, 0.3) is 0 Å². The van der Waals surface area contributed by atoms with Crippen LogP contribution in [0.25, 0.3) is 0 Å². The smallest absolute Gasteiger partial charge is 0.343 e. The van der Waals surface area contributed by atoms with Crippen LogP contribution in [0.4, 0.5) is 18.3 Å². The summed E-state index contributed by atoms with van der Waals surface area (Å²) >= 11 is 0.739. The van der Waals surface area contributed by atoms with Gasteiger partial charge >= 0.3 is 6.18 Å². The molecule has 1 aliphatic rings. The molecule has 2 rings (SSSR count). The minimum Gasteiger partial charge on any atom is -0.343 e. The van der Waals surface area contributed by atoms with Crippen LogP contribution in [0.15, 0.2) is 0 Å². The van der Waals surface area contributed by atoms with Gasteiger partial charge in [0.1, 0.15) is 0 Å². The topological polar surface area (TPSA) is 52.8 Å². The Kier molecular flexibility index (Phi) is 3.19. The Hall–Kier alpha value is -1.36. The number of hydrogen-bond acceptors (Lipinski definition) is 5. The van der Waals surface area contributed by atoms with Gasteiger partial charge in [-0.05, 0) is 12.8 Å². The summed E-state index contributed by atoms with van der Waals surface area (Å²) in [6, 6.07) is 2.20. The molecule has 1 saturated carbocycles. The number of nitrogens with zero attached hydrogens (tertiary/aromatic N) is 4. The third-order valence-electron chi connectivity index (χ3n) is 2.37. The molecule has 0 radical (unpaired) electrons. The van der Waals surface area contributed by atoms with Gasteiger partial charge in [0.05, 0.1) is 12.5 Å². The van der Waals surface area contributed by atoms with Crippen LogP contribution in [0.3, 0.4) is 0 Å². The van der Waals surface area contributed by atoms with Crippen molar-refractivity contribution in [3.8, 4) is 6.07 Å². The van der Waals surface area contributed by atoms with Crippen LogP contribution < -0.4 is 4.90 Å². The predicted molar refractivity (Wildman–Crippen MR) is 55.5 cm³/mol. The zero-order chi connectivity index (χ0) is 12.5. The van der Waals surface area contributed by atoms with Gasteiger partial charge < -0.3 is 4.90 Å². The lowest BCUT2D eigenvalue weighted by atomic mass is 10.4. The molecular formula is C9H9F3N4S. The molecule has 17 heavy (non-hydrogen) atoms. The first-order valence-corrected chi connectivity index (χ1v) is 5.84. The number of halogens is 3. The normalized spacial score (nSPS) is 15.6. The number of hydrogen-bond donors (Lipinski definition) is 0. The second-order valence-corrected chi connectivity index (χ2v) is 4.46. The Bertz CT molecular complexity index is 432. The van der Waals surface area contributed by atoms with Gasteiger partial charge in [-0.1, -0.05) is 0 Å². The van der Waals surface area contributed by atoms with E-state index in [1.54, 1.807) is 4.90 Å². The van der Waals surface area contributed by atoms with Crippen molar-refractivity contribution in [2.24, 2.45) is 0 Å². The monoisotopic (exact) mass is 262 g/mol. The van der Waals surface area contributed by atoms with E-state index in [9.17, 15) is 13.2 Å². The van der Waals surface area contributed by atoms with Crippen LogP contribution in [0.1, 0.15) is 25.1 Å². The molecule has 92 valence electrons. The molecule has 0 bridgehead atoms. The lowest BCUT2D eigenvalue weighted by molar-refractivity contribution is -0.144. The second kappa shape index (κ2) is 4.49. The summed E-state index contributed by atoms with van der Waals surface area (Å²) in [5, 5.41) is 8.77. The molecule has 0 saturated heterocycles. The van der Waals surface area contributed by atoms with Crippen LogP contribution >= 0.6 is 11.5 Å². The van der Waals surface area contributed by atoms with E-state index in [1.165, 1.54) is 0 Å². The van der Waals surface area contributed by atoms with Gasteiger partial charge in [-0.25, -0.2) is 0 Å². The van der Waals surface area contributed by atoms with E-state index < -0.39 is 12.0 Å². The Morgan fingerprint density at radius 1 is 1.47 bits per heavy atom. The van der Waals surface area contributed by atoms with E-state index in [-0.39, 0.29) is 17.6 Å². The minimum atomic E-state index is -4.50. The number of nitriles is 1. The number of anilines is 1. The summed E-state index contributed by atoms with van der Waals surface area (Å²) in [6.07, 6.45) is -2.35. The number of rotatable bonds is 4. The van der Waals surface area contributed by atoms with Crippen molar-refractivity contribution in [3.05, 3.63) is 5.82 Å². The first-order valence-electron chi connectivity index (χ1n) is 5.07. The van der Waals surface area contributed by atoms with E-state index >= 15 is 0 Å². The maximum Gasteiger partial charge on any atom is 0.452 e. The van der Waals surface area contributed by atoms with Crippen molar-refractivity contribution in [2.45, 2.75) is 31.5 Å². The van der Waals surface area contributed by atoms with Crippen LogP contribution in [0, 0.1) is 11.3 Å². The number of alkyl halides is 3. The molecule has 0 N–H and O–H groups in total. The molecule has 1 heterocycles. The zero-order valence-electron chi connectivity index (χ0n) is 8.74. The first kappa shape index (κ1) is 12.1. The van der Waals surface area contributed by atoms with Gasteiger partial charge in [-0.2, -0.15) is 27.8 Å². The fourth-order valence-electron chi connectivity index (χ4n) is 1.44. The van der Waals surface area contributed by atoms with E-state index in [2.05, 4.69) is 9.36 Å². The largest absolute Gasteiger partial charge is 0.452 e. The maximum absolute atomic E-state index is 12.3. The van der Waals surface area contributed by atoms with Crippen LogP contribution in [0.2, 0.25) is 0 Å². The second-order valence-electron chi connectivity index (χ2n) is 3.73. The van der Waals surface area contributed by atoms with Crippen molar-refractivity contribution in [1.29, 1.82) is 5.26 Å². The standard InChI is InChI=1S/C9H9F3N4S/c10-9(11,12)7-14-8(17-15-7)16(5-1-4-13)6-2-3-6/h6H,1-3,5H2. The summed E-state index contributed by atoms with van der Waals surface area (Å²) in [4.78, 5) is 5.24. The fraction of sp³-hybridized carbons (Fsp3) is 0.667. The lowest BCUT2D eigenvalue weighted by Crippen LogP contribution is -2.26. The highest BCUT2D eigenvalue weighted by Crippen LogP contribution is 2.35. The van der Waals surface area contributed by atoms with Crippen molar-refractivity contribution in [3.63, 3.8) is 0 Å². The molecule has 4 nitrogen and oxygen atoms in total.